The first-order chi connectivity index (χ1) is 12.6. The highest BCUT2D eigenvalue weighted by Gasteiger charge is 2.16. The lowest BCUT2D eigenvalue weighted by Crippen LogP contribution is -1.96. The molecule has 0 spiro atoms. The molecule has 3 aromatic carbocycles. The second-order valence-electron chi connectivity index (χ2n) is 7.14. The third kappa shape index (κ3) is 2.02. The Bertz CT molecular complexity index is 1290. The van der Waals surface area contributed by atoms with Crippen molar-refractivity contribution in [2.75, 3.05) is 0 Å². The summed E-state index contributed by atoms with van der Waals surface area (Å²) in [5, 5.41) is 3.74. The van der Waals surface area contributed by atoms with Crippen molar-refractivity contribution in [3.05, 3.63) is 83.6 Å². The van der Waals surface area contributed by atoms with Gasteiger partial charge < -0.3 is 0 Å². The standard InChI is InChI=1S/C24H20N2/c1-15-11-12-19-20(13-15)18-9-4-5-10-21(18)26-22(14-25-24(19)26)23-16(2)7-6-8-17(23)3/h4-14H,1-3H3. The lowest BCUT2D eigenvalue weighted by atomic mass is 9.99. The molecule has 0 bridgehead atoms. The molecular weight excluding hydrogens is 316 g/mol. The minimum absolute atomic E-state index is 1.02. The Labute approximate surface area is 152 Å². The Balaban J connectivity index is 2.04. The van der Waals surface area contributed by atoms with E-state index in [-0.39, 0.29) is 0 Å². The number of hydrogen-bond donors (Lipinski definition) is 0. The van der Waals surface area contributed by atoms with Gasteiger partial charge in [-0.25, -0.2) is 4.98 Å². The minimum Gasteiger partial charge on any atom is -0.292 e. The summed E-state index contributed by atoms with van der Waals surface area (Å²) in [5.41, 5.74) is 8.49. The summed E-state index contributed by atoms with van der Waals surface area (Å²) in [6, 6.07) is 21.7. The highest BCUT2D eigenvalue weighted by molar-refractivity contribution is 6.12. The Morgan fingerprint density at radius 1 is 0.731 bits per heavy atom. The highest BCUT2D eigenvalue weighted by atomic mass is 15.0. The van der Waals surface area contributed by atoms with E-state index in [4.69, 9.17) is 4.98 Å². The molecule has 0 saturated carbocycles. The topological polar surface area (TPSA) is 17.3 Å². The normalized spacial score (nSPS) is 11.7. The molecule has 0 N–H and O–H groups in total. The number of pyridine rings is 1. The van der Waals surface area contributed by atoms with Crippen molar-refractivity contribution in [1.29, 1.82) is 0 Å². The van der Waals surface area contributed by atoms with Crippen LogP contribution in [0.15, 0.2) is 66.9 Å². The minimum atomic E-state index is 1.02. The van der Waals surface area contributed by atoms with E-state index < -0.39 is 0 Å². The van der Waals surface area contributed by atoms with Crippen LogP contribution in [0.2, 0.25) is 0 Å². The van der Waals surface area contributed by atoms with E-state index in [1.54, 1.807) is 0 Å². The van der Waals surface area contributed by atoms with E-state index in [0.717, 1.165) is 11.3 Å². The molecule has 5 rings (SSSR count). The molecule has 2 aromatic heterocycles. The fourth-order valence-electron chi connectivity index (χ4n) is 4.15. The van der Waals surface area contributed by atoms with Gasteiger partial charge in [-0.3, -0.25) is 4.40 Å². The second kappa shape index (κ2) is 5.43. The van der Waals surface area contributed by atoms with Crippen LogP contribution in [0, 0.1) is 20.8 Å². The van der Waals surface area contributed by atoms with Crippen LogP contribution in [-0.4, -0.2) is 9.38 Å². The maximum absolute atomic E-state index is 4.85. The molecule has 0 aliphatic heterocycles. The zero-order chi connectivity index (χ0) is 17.8. The zero-order valence-electron chi connectivity index (χ0n) is 15.2. The van der Waals surface area contributed by atoms with E-state index in [0.29, 0.717) is 0 Å². The van der Waals surface area contributed by atoms with Gasteiger partial charge >= 0.3 is 0 Å². The Hall–Kier alpha value is -3.13. The van der Waals surface area contributed by atoms with Gasteiger partial charge in [0.2, 0.25) is 0 Å². The van der Waals surface area contributed by atoms with Gasteiger partial charge in [-0.05, 0) is 43.4 Å². The van der Waals surface area contributed by atoms with Gasteiger partial charge in [0.25, 0.3) is 0 Å². The molecule has 0 fully saturated rings. The first-order valence-electron chi connectivity index (χ1n) is 9.00. The molecule has 126 valence electrons. The zero-order valence-corrected chi connectivity index (χ0v) is 15.2. The van der Waals surface area contributed by atoms with Crippen LogP contribution in [0.4, 0.5) is 0 Å². The number of benzene rings is 3. The van der Waals surface area contributed by atoms with Crippen molar-refractivity contribution in [3.63, 3.8) is 0 Å². The van der Waals surface area contributed by atoms with Crippen molar-refractivity contribution in [1.82, 2.24) is 9.38 Å². The van der Waals surface area contributed by atoms with Crippen LogP contribution in [0.3, 0.4) is 0 Å². The van der Waals surface area contributed by atoms with Crippen LogP contribution in [0.25, 0.3) is 38.6 Å². The van der Waals surface area contributed by atoms with Crippen molar-refractivity contribution < 1.29 is 0 Å². The second-order valence-corrected chi connectivity index (χ2v) is 7.14. The monoisotopic (exact) mass is 336 g/mol. The molecule has 0 aliphatic rings. The molecule has 0 radical (unpaired) electrons. The molecule has 2 nitrogen and oxygen atoms in total. The Morgan fingerprint density at radius 2 is 1.50 bits per heavy atom. The molecular formula is C24H20N2. The quantitative estimate of drug-likeness (QED) is 0.332. The Morgan fingerprint density at radius 3 is 2.31 bits per heavy atom. The van der Waals surface area contributed by atoms with Gasteiger partial charge in [0, 0.05) is 16.3 Å². The molecule has 0 amide bonds. The lowest BCUT2D eigenvalue weighted by molar-refractivity contribution is 1.25. The average molecular weight is 336 g/mol. The van der Waals surface area contributed by atoms with E-state index >= 15 is 0 Å². The summed E-state index contributed by atoms with van der Waals surface area (Å²) in [7, 11) is 0. The van der Waals surface area contributed by atoms with Crippen molar-refractivity contribution in [2.45, 2.75) is 20.8 Å². The maximum Gasteiger partial charge on any atom is 0.145 e. The molecule has 2 heterocycles. The van der Waals surface area contributed by atoms with E-state index in [1.807, 2.05) is 6.20 Å². The Kier molecular flexibility index (Phi) is 3.17. The number of para-hydroxylation sites is 1. The first-order valence-corrected chi connectivity index (χ1v) is 9.00. The third-order valence-corrected chi connectivity index (χ3v) is 5.35. The number of fused-ring (bicyclic) bond motifs is 6. The van der Waals surface area contributed by atoms with Crippen molar-refractivity contribution in [2.24, 2.45) is 0 Å². The van der Waals surface area contributed by atoms with Crippen LogP contribution in [-0.2, 0) is 0 Å². The van der Waals surface area contributed by atoms with Crippen LogP contribution in [0.5, 0.6) is 0 Å². The number of aryl methyl sites for hydroxylation is 3. The van der Waals surface area contributed by atoms with Gasteiger partial charge in [-0.15, -0.1) is 0 Å². The summed E-state index contributed by atoms with van der Waals surface area (Å²) in [4.78, 5) is 4.85. The molecule has 0 aliphatic carbocycles. The summed E-state index contributed by atoms with van der Waals surface area (Å²) < 4.78 is 2.32. The molecule has 0 atom stereocenters. The van der Waals surface area contributed by atoms with Gasteiger partial charge in [-0.1, -0.05) is 60.2 Å². The van der Waals surface area contributed by atoms with E-state index in [2.05, 4.69) is 85.8 Å². The molecule has 5 aromatic rings. The lowest BCUT2D eigenvalue weighted by Gasteiger charge is -2.13. The summed E-state index contributed by atoms with van der Waals surface area (Å²) in [6.07, 6.45) is 2.02. The summed E-state index contributed by atoms with van der Waals surface area (Å²) >= 11 is 0. The molecule has 2 heteroatoms. The predicted molar refractivity (Wildman–Crippen MR) is 110 cm³/mol. The predicted octanol–water partition coefficient (Wildman–Crippen LogP) is 6.23. The summed E-state index contributed by atoms with van der Waals surface area (Å²) in [5.74, 6) is 0. The van der Waals surface area contributed by atoms with Gasteiger partial charge in [0.15, 0.2) is 0 Å². The molecule has 0 saturated heterocycles. The van der Waals surface area contributed by atoms with Crippen molar-refractivity contribution in [3.8, 4) is 11.3 Å². The largest absolute Gasteiger partial charge is 0.292 e. The van der Waals surface area contributed by atoms with E-state index in [1.165, 1.54) is 43.9 Å². The van der Waals surface area contributed by atoms with Crippen LogP contribution in [0.1, 0.15) is 16.7 Å². The van der Waals surface area contributed by atoms with Crippen LogP contribution >= 0.6 is 0 Å². The fraction of sp³-hybridized carbons (Fsp3) is 0.125. The number of aromatic nitrogens is 2. The van der Waals surface area contributed by atoms with E-state index in [9.17, 15) is 0 Å². The maximum atomic E-state index is 4.85. The number of nitrogens with zero attached hydrogens (tertiary/aromatic N) is 2. The van der Waals surface area contributed by atoms with Crippen LogP contribution < -0.4 is 0 Å². The molecule has 26 heavy (non-hydrogen) atoms. The third-order valence-electron chi connectivity index (χ3n) is 5.35. The fourth-order valence-corrected chi connectivity index (χ4v) is 4.15. The van der Waals surface area contributed by atoms with Gasteiger partial charge in [0.05, 0.1) is 17.4 Å². The highest BCUT2D eigenvalue weighted by Crippen LogP contribution is 2.35. The van der Waals surface area contributed by atoms with Gasteiger partial charge in [0.1, 0.15) is 5.65 Å². The van der Waals surface area contributed by atoms with Crippen molar-refractivity contribution >= 4 is 27.3 Å². The number of imidazole rings is 1. The SMILES string of the molecule is Cc1ccc2c(c1)c1ccccc1n1c(-c3c(C)cccc3C)cnc21. The number of hydrogen-bond acceptors (Lipinski definition) is 1. The number of rotatable bonds is 1. The van der Waals surface area contributed by atoms with Gasteiger partial charge in [-0.2, -0.15) is 0 Å². The molecule has 0 unspecified atom stereocenters. The smallest absolute Gasteiger partial charge is 0.145 e. The summed E-state index contributed by atoms with van der Waals surface area (Å²) in [6.45, 7) is 6.49. The first kappa shape index (κ1) is 15.2. The average Bonchev–Trinajstić information content (AvgIpc) is 3.07.